The molecule has 0 saturated carbocycles. The monoisotopic (exact) mass is 284 g/mol. The number of carboxylic acid groups (broad SMARTS) is 1. The van der Waals surface area contributed by atoms with Crippen LogP contribution in [0.5, 0.6) is 0 Å². The maximum absolute atomic E-state index is 11.4. The second-order valence-electron chi connectivity index (χ2n) is 3.25. The molecule has 0 N–H and O–H groups in total. The van der Waals surface area contributed by atoms with Crippen LogP contribution >= 0.6 is 15.9 Å². The molecule has 0 aliphatic rings. The number of rotatable bonds is 3. The molecule has 0 fully saturated rings. The summed E-state index contributed by atoms with van der Waals surface area (Å²) in [4.78, 5) is 21.8. The van der Waals surface area contributed by atoms with E-state index in [0.717, 1.165) is 4.47 Å². The Labute approximate surface area is 98.4 Å². The summed E-state index contributed by atoms with van der Waals surface area (Å²) >= 11 is 3.25. The van der Waals surface area contributed by atoms with Crippen LogP contribution in [0.15, 0.2) is 31.9 Å². The molecule has 2 rings (SSSR count). The molecule has 0 aliphatic carbocycles. The zero-order chi connectivity index (χ0) is 11.7. The second kappa shape index (κ2) is 4.13. The average Bonchev–Trinajstić information content (AvgIpc) is 2.50. The first-order chi connectivity index (χ1) is 7.58. The number of hydrogen-bond donors (Lipinski definition) is 0. The summed E-state index contributed by atoms with van der Waals surface area (Å²) in [5, 5.41) is 10.3. The van der Waals surface area contributed by atoms with E-state index >= 15 is 0 Å². The lowest BCUT2D eigenvalue weighted by Gasteiger charge is -2.02. The Hall–Kier alpha value is -1.56. The highest BCUT2D eigenvalue weighted by Crippen LogP contribution is 2.18. The first-order valence-electron chi connectivity index (χ1n) is 4.56. The molecule has 0 saturated heterocycles. The molecule has 0 unspecified atom stereocenters. The van der Waals surface area contributed by atoms with Gasteiger partial charge in [-0.05, 0) is 18.2 Å². The minimum atomic E-state index is -1.20. The number of carbonyl (C=O) groups is 1. The quantitative estimate of drug-likeness (QED) is 0.822. The van der Waals surface area contributed by atoms with E-state index in [1.165, 1.54) is 4.57 Å². The fraction of sp³-hybridized carbons (Fsp3) is 0.200. The van der Waals surface area contributed by atoms with Crippen molar-refractivity contribution in [2.75, 3.05) is 0 Å². The minimum Gasteiger partial charge on any atom is -0.550 e. The Morgan fingerprint density at radius 3 is 2.94 bits per heavy atom. The van der Waals surface area contributed by atoms with Crippen LogP contribution in [-0.4, -0.2) is 10.5 Å². The van der Waals surface area contributed by atoms with Crippen molar-refractivity contribution in [3.05, 3.63) is 33.2 Å². The van der Waals surface area contributed by atoms with E-state index in [4.69, 9.17) is 4.42 Å². The van der Waals surface area contributed by atoms with Gasteiger partial charge in [0.15, 0.2) is 5.58 Å². The minimum absolute atomic E-state index is 0.0514. The number of aryl methyl sites for hydroxylation is 1. The van der Waals surface area contributed by atoms with Gasteiger partial charge in [-0.15, -0.1) is 0 Å². The molecule has 84 valence electrons. The highest BCUT2D eigenvalue weighted by molar-refractivity contribution is 9.10. The summed E-state index contributed by atoms with van der Waals surface area (Å²) in [6, 6.07) is 5.11. The predicted molar refractivity (Wildman–Crippen MR) is 57.8 cm³/mol. The van der Waals surface area contributed by atoms with Crippen molar-refractivity contribution in [3.8, 4) is 0 Å². The molecule has 0 amide bonds. The van der Waals surface area contributed by atoms with Crippen molar-refractivity contribution in [1.82, 2.24) is 4.57 Å². The van der Waals surface area contributed by atoms with E-state index in [1.807, 2.05) is 0 Å². The molecule has 16 heavy (non-hydrogen) atoms. The first kappa shape index (κ1) is 10.9. The third-order valence-corrected chi connectivity index (χ3v) is 2.66. The van der Waals surface area contributed by atoms with E-state index in [9.17, 15) is 14.7 Å². The predicted octanol–water partition coefficient (Wildman–Crippen LogP) is 0.497. The van der Waals surface area contributed by atoms with Gasteiger partial charge in [0, 0.05) is 23.4 Å². The molecule has 0 atom stereocenters. The van der Waals surface area contributed by atoms with E-state index < -0.39 is 11.7 Å². The summed E-state index contributed by atoms with van der Waals surface area (Å²) in [5.41, 5.74) is 1.01. The summed E-state index contributed by atoms with van der Waals surface area (Å²) < 4.78 is 7.04. The van der Waals surface area contributed by atoms with Gasteiger partial charge in [-0.3, -0.25) is 4.57 Å². The van der Waals surface area contributed by atoms with Crippen LogP contribution in [0.1, 0.15) is 6.42 Å². The molecule has 1 aromatic heterocycles. The van der Waals surface area contributed by atoms with E-state index in [2.05, 4.69) is 15.9 Å². The van der Waals surface area contributed by atoms with Crippen LogP contribution < -0.4 is 10.9 Å². The lowest BCUT2D eigenvalue weighted by molar-refractivity contribution is -0.305. The Bertz CT molecular complexity index is 598. The number of oxazole rings is 1. The van der Waals surface area contributed by atoms with Gasteiger partial charge in [-0.1, -0.05) is 15.9 Å². The number of carbonyl (C=O) groups excluding carboxylic acids is 1. The fourth-order valence-corrected chi connectivity index (χ4v) is 1.80. The Morgan fingerprint density at radius 1 is 1.50 bits per heavy atom. The van der Waals surface area contributed by atoms with Crippen molar-refractivity contribution in [2.24, 2.45) is 0 Å². The number of aromatic nitrogens is 1. The highest BCUT2D eigenvalue weighted by atomic mass is 79.9. The van der Waals surface area contributed by atoms with Gasteiger partial charge in [0.25, 0.3) is 0 Å². The highest BCUT2D eigenvalue weighted by Gasteiger charge is 2.08. The lowest BCUT2D eigenvalue weighted by atomic mass is 10.3. The average molecular weight is 285 g/mol. The Morgan fingerprint density at radius 2 is 2.25 bits per heavy atom. The third-order valence-electron chi connectivity index (χ3n) is 2.17. The number of carboxylic acids is 1. The van der Waals surface area contributed by atoms with Crippen LogP contribution in [0, 0.1) is 0 Å². The third kappa shape index (κ3) is 2.01. The Kier molecular flexibility index (Phi) is 2.82. The number of hydrogen-bond acceptors (Lipinski definition) is 4. The van der Waals surface area contributed by atoms with Crippen molar-refractivity contribution >= 4 is 33.0 Å². The molecule has 0 bridgehead atoms. The summed E-state index contributed by atoms with van der Waals surface area (Å²) in [5.74, 6) is -1.76. The van der Waals surface area contributed by atoms with Crippen molar-refractivity contribution in [3.63, 3.8) is 0 Å². The number of nitrogens with zero attached hydrogens (tertiary/aromatic N) is 1. The SMILES string of the molecule is O=C([O-])CCn1c(=O)oc2cc(Br)ccc21. The molecular weight excluding hydrogens is 278 g/mol. The van der Waals surface area contributed by atoms with E-state index in [1.54, 1.807) is 18.2 Å². The second-order valence-corrected chi connectivity index (χ2v) is 4.17. The van der Waals surface area contributed by atoms with Gasteiger partial charge in [-0.2, -0.15) is 0 Å². The maximum Gasteiger partial charge on any atom is 0.419 e. The van der Waals surface area contributed by atoms with Crippen molar-refractivity contribution < 1.29 is 14.3 Å². The van der Waals surface area contributed by atoms with Crippen LogP contribution in [0.2, 0.25) is 0 Å². The summed E-state index contributed by atoms with van der Waals surface area (Å²) in [7, 11) is 0. The molecule has 1 aromatic carbocycles. The number of fused-ring (bicyclic) bond motifs is 1. The maximum atomic E-state index is 11.4. The topological polar surface area (TPSA) is 75.3 Å². The smallest absolute Gasteiger partial charge is 0.419 e. The van der Waals surface area contributed by atoms with Crippen LogP contribution in [0.25, 0.3) is 11.1 Å². The van der Waals surface area contributed by atoms with Gasteiger partial charge in [0.05, 0.1) is 5.52 Å². The zero-order valence-electron chi connectivity index (χ0n) is 8.10. The van der Waals surface area contributed by atoms with Crippen molar-refractivity contribution in [2.45, 2.75) is 13.0 Å². The normalized spacial score (nSPS) is 10.8. The first-order valence-corrected chi connectivity index (χ1v) is 5.36. The molecule has 5 nitrogen and oxygen atoms in total. The molecule has 0 spiro atoms. The number of benzene rings is 1. The lowest BCUT2D eigenvalue weighted by Crippen LogP contribution is -2.25. The molecule has 0 aliphatic heterocycles. The van der Waals surface area contributed by atoms with Gasteiger partial charge < -0.3 is 14.3 Å². The number of aliphatic carboxylic acids is 1. The van der Waals surface area contributed by atoms with Crippen LogP contribution in [0.4, 0.5) is 0 Å². The molecule has 1 heterocycles. The standard InChI is InChI=1S/C10H8BrNO4/c11-6-1-2-7-8(5-6)16-10(15)12(7)4-3-9(13)14/h1-2,5H,3-4H2,(H,13,14)/p-1. The van der Waals surface area contributed by atoms with Crippen LogP contribution in [0.3, 0.4) is 0 Å². The van der Waals surface area contributed by atoms with Crippen molar-refractivity contribution in [1.29, 1.82) is 0 Å². The number of halogens is 1. The molecule has 6 heteroatoms. The Balaban J connectivity index is 2.48. The van der Waals surface area contributed by atoms with Gasteiger partial charge in [-0.25, -0.2) is 4.79 Å². The largest absolute Gasteiger partial charge is 0.550 e. The zero-order valence-corrected chi connectivity index (χ0v) is 9.69. The molecule has 0 radical (unpaired) electrons. The fourth-order valence-electron chi connectivity index (χ4n) is 1.46. The van der Waals surface area contributed by atoms with Crippen LogP contribution in [-0.2, 0) is 11.3 Å². The van der Waals surface area contributed by atoms with Gasteiger partial charge in [0.1, 0.15) is 0 Å². The molecule has 2 aromatic rings. The van der Waals surface area contributed by atoms with E-state index in [0.29, 0.717) is 11.1 Å². The van der Waals surface area contributed by atoms with Gasteiger partial charge >= 0.3 is 5.76 Å². The molecular formula is C10H7BrNO4-. The van der Waals surface area contributed by atoms with Gasteiger partial charge in [0.2, 0.25) is 0 Å². The van der Waals surface area contributed by atoms with E-state index in [-0.39, 0.29) is 13.0 Å². The summed E-state index contributed by atoms with van der Waals surface area (Å²) in [6.45, 7) is 0.0514. The summed E-state index contributed by atoms with van der Waals surface area (Å²) in [6.07, 6.45) is -0.218.